The molecule has 170 valence electrons. The molecule has 3 atom stereocenters. The van der Waals surface area contributed by atoms with Gasteiger partial charge in [-0.15, -0.1) is 0 Å². The van der Waals surface area contributed by atoms with Gasteiger partial charge in [-0.25, -0.2) is 0 Å². The van der Waals surface area contributed by atoms with Gasteiger partial charge in [0.25, 0.3) is 0 Å². The number of para-hydroxylation sites is 1. The highest BCUT2D eigenvalue weighted by molar-refractivity contribution is 5.98. The van der Waals surface area contributed by atoms with Crippen molar-refractivity contribution >= 4 is 17.5 Å². The summed E-state index contributed by atoms with van der Waals surface area (Å²) in [4.78, 5) is 27.1. The topological polar surface area (TPSA) is 75.4 Å². The molecule has 1 unspecified atom stereocenters. The Labute approximate surface area is 191 Å². The highest BCUT2D eigenvalue weighted by atomic mass is 16.2. The van der Waals surface area contributed by atoms with Crippen LogP contribution in [-0.2, 0) is 22.6 Å². The van der Waals surface area contributed by atoms with E-state index in [0.717, 1.165) is 62.7 Å². The SMILES string of the molecule is Cc1ccc(CN2C(=O)[C@@H](NCCC3CCC[C@H](C(N)=O)C3)CCc3ccccc32)cc1. The maximum absolute atomic E-state index is 13.6. The Kier molecular flexibility index (Phi) is 7.26. The Morgan fingerprint density at radius 3 is 2.66 bits per heavy atom. The number of anilines is 1. The fraction of sp³-hybridized carbons (Fsp3) is 0.481. The smallest absolute Gasteiger partial charge is 0.244 e. The van der Waals surface area contributed by atoms with Gasteiger partial charge in [0.1, 0.15) is 0 Å². The number of primary amides is 1. The Balaban J connectivity index is 1.43. The minimum absolute atomic E-state index is 0.0211. The number of carbonyl (C=O) groups excluding carboxylic acids is 2. The van der Waals surface area contributed by atoms with Crippen molar-refractivity contribution in [2.75, 3.05) is 11.4 Å². The molecule has 2 aromatic rings. The molecule has 2 amide bonds. The molecule has 2 aliphatic rings. The van der Waals surface area contributed by atoms with E-state index in [-0.39, 0.29) is 23.8 Å². The number of nitrogens with one attached hydrogen (secondary N) is 1. The van der Waals surface area contributed by atoms with E-state index >= 15 is 0 Å². The van der Waals surface area contributed by atoms with Crippen molar-refractivity contribution in [1.82, 2.24) is 5.32 Å². The second-order valence-electron chi connectivity index (χ2n) is 9.50. The molecule has 1 fully saturated rings. The molecule has 0 bridgehead atoms. The van der Waals surface area contributed by atoms with Crippen LogP contribution in [0.15, 0.2) is 48.5 Å². The van der Waals surface area contributed by atoms with E-state index in [4.69, 9.17) is 5.73 Å². The van der Waals surface area contributed by atoms with Gasteiger partial charge in [-0.2, -0.15) is 0 Å². The minimum Gasteiger partial charge on any atom is -0.369 e. The van der Waals surface area contributed by atoms with Gasteiger partial charge in [0.05, 0.1) is 12.6 Å². The van der Waals surface area contributed by atoms with E-state index in [1.807, 2.05) is 11.0 Å². The normalized spacial score (nSPS) is 23.5. The molecule has 1 aliphatic heterocycles. The van der Waals surface area contributed by atoms with Crippen LogP contribution < -0.4 is 16.0 Å². The molecule has 2 aromatic carbocycles. The van der Waals surface area contributed by atoms with Gasteiger partial charge in [0, 0.05) is 11.6 Å². The van der Waals surface area contributed by atoms with E-state index in [9.17, 15) is 9.59 Å². The molecule has 3 N–H and O–H groups in total. The molecule has 5 nitrogen and oxygen atoms in total. The van der Waals surface area contributed by atoms with Gasteiger partial charge < -0.3 is 16.0 Å². The lowest BCUT2D eigenvalue weighted by Crippen LogP contribution is -2.46. The van der Waals surface area contributed by atoms with Crippen LogP contribution in [0.25, 0.3) is 0 Å². The monoisotopic (exact) mass is 433 g/mol. The van der Waals surface area contributed by atoms with E-state index in [1.165, 1.54) is 11.1 Å². The fourth-order valence-corrected chi connectivity index (χ4v) is 5.22. The van der Waals surface area contributed by atoms with Gasteiger partial charge >= 0.3 is 0 Å². The number of hydrogen-bond donors (Lipinski definition) is 2. The third-order valence-corrected chi connectivity index (χ3v) is 7.14. The van der Waals surface area contributed by atoms with Crippen LogP contribution in [0.3, 0.4) is 0 Å². The summed E-state index contributed by atoms with van der Waals surface area (Å²) in [5, 5.41) is 3.56. The maximum Gasteiger partial charge on any atom is 0.244 e. The molecule has 32 heavy (non-hydrogen) atoms. The van der Waals surface area contributed by atoms with Crippen LogP contribution >= 0.6 is 0 Å². The summed E-state index contributed by atoms with van der Waals surface area (Å²) in [6, 6.07) is 16.5. The van der Waals surface area contributed by atoms with Crippen LogP contribution in [-0.4, -0.2) is 24.4 Å². The Bertz CT molecular complexity index is 940. The first kappa shape index (κ1) is 22.5. The van der Waals surface area contributed by atoms with E-state index in [1.54, 1.807) is 0 Å². The third-order valence-electron chi connectivity index (χ3n) is 7.14. The first-order valence-electron chi connectivity index (χ1n) is 12.0. The highest BCUT2D eigenvalue weighted by Crippen LogP contribution is 2.31. The number of rotatable bonds is 7. The van der Waals surface area contributed by atoms with E-state index in [2.05, 4.69) is 54.7 Å². The van der Waals surface area contributed by atoms with Gasteiger partial charge in [0.15, 0.2) is 0 Å². The highest BCUT2D eigenvalue weighted by Gasteiger charge is 2.31. The zero-order valence-electron chi connectivity index (χ0n) is 19.1. The summed E-state index contributed by atoms with van der Waals surface area (Å²) in [7, 11) is 0. The van der Waals surface area contributed by atoms with E-state index in [0.29, 0.717) is 12.5 Å². The molecular formula is C27H35N3O2. The van der Waals surface area contributed by atoms with Crippen LogP contribution in [0.4, 0.5) is 5.69 Å². The molecule has 0 saturated heterocycles. The third kappa shape index (κ3) is 5.39. The second-order valence-corrected chi connectivity index (χ2v) is 9.50. The molecular weight excluding hydrogens is 398 g/mol. The lowest BCUT2D eigenvalue weighted by Gasteiger charge is -2.29. The zero-order chi connectivity index (χ0) is 22.5. The number of carbonyl (C=O) groups is 2. The number of fused-ring (bicyclic) bond motifs is 1. The largest absolute Gasteiger partial charge is 0.369 e. The van der Waals surface area contributed by atoms with Gasteiger partial charge in [-0.05, 0) is 68.7 Å². The van der Waals surface area contributed by atoms with Crippen molar-refractivity contribution in [1.29, 1.82) is 0 Å². The molecule has 0 radical (unpaired) electrons. The molecule has 0 spiro atoms. The van der Waals surface area contributed by atoms with Gasteiger partial charge in [-0.1, -0.05) is 60.9 Å². The van der Waals surface area contributed by atoms with Crippen LogP contribution in [0.2, 0.25) is 0 Å². The van der Waals surface area contributed by atoms with Crippen LogP contribution in [0.1, 0.15) is 55.2 Å². The zero-order valence-corrected chi connectivity index (χ0v) is 19.1. The molecule has 1 aliphatic carbocycles. The average Bonchev–Trinajstić information content (AvgIpc) is 2.93. The molecule has 1 saturated carbocycles. The van der Waals surface area contributed by atoms with E-state index < -0.39 is 0 Å². The summed E-state index contributed by atoms with van der Waals surface area (Å²) in [6.45, 7) is 3.45. The Hall–Kier alpha value is -2.66. The Morgan fingerprint density at radius 1 is 1.09 bits per heavy atom. The number of amides is 2. The number of benzene rings is 2. The number of aryl methyl sites for hydroxylation is 2. The summed E-state index contributed by atoms with van der Waals surface area (Å²) < 4.78 is 0. The predicted molar refractivity (Wildman–Crippen MR) is 128 cm³/mol. The lowest BCUT2D eigenvalue weighted by atomic mass is 9.79. The molecule has 4 rings (SSSR count). The van der Waals surface area contributed by atoms with Gasteiger partial charge in [0.2, 0.25) is 11.8 Å². The summed E-state index contributed by atoms with van der Waals surface area (Å²) >= 11 is 0. The van der Waals surface area contributed by atoms with Crippen molar-refractivity contribution < 1.29 is 9.59 Å². The van der Waals surface area contributed by atoms with Crippen LogP contribution in [0, 0.1) is 18.8 Å². The van der Waals surface area contributed by atoms with Gasteiger partial charge in [-0.3, -0.25) is 9.59 Å². The fourth-order valence-electron chi connectivity index (χ4n) is 5.22. The second kappa shape index (κ2) is 10.3. The first-order chi connectivity index (χ1) is 15.5. The molecule has 1 heterocycles. The molecule has 0 aromatic heterocycles. The molecule has 5 heteroatoms. The van der Waals surface area contributed by atoms with Crippen molar-refractivity contribution in [3.05, 3.63) is 65.2 Å². The summed E-state index contributed by atoms with van der Waals surface area (Å²) in [5.74, 6) is 0.517. The number of nitrogens with two attached hydrogens (primary N) is 1. The minimum atomic E-state index is -0.191. The average molecular weight is 434 g/mol. The maximum atomic E-state index is 13.6. The summed E-state index contributed by atoms with van der Waals surface area (Å²) in [6.07, 6.45) is 6.70. The van der Waals surface area contributed by atoms with Crippen molar-refractivity contribution in [3.63, 3.8) is 0 Å². The first-order valence-corrected chi connectivity index (χ1v) is 12.0. The van der Waals surface area contributed by atoms with Crippen LogP contribution in [0.5, 0.6) is 0 Å². The number of hydrogen-bond acceptors (Lipinski definition) is 3. The predicted octanol–water partition coefficient (Wildman–Crippen LogP) is 4.11. The number of nitrogens with zero attached hydrogens (tertiary/aromatic N) is 1. The lowest BCUT2D eigenvalue weighted by molar-refractivity contribution is -0.123. The van der Waals surface area contributed by atoms with Crippen molar-refractivity contribution in [2.24, 2.45) is 17.6 Å². The quantitative estimate of drug-likeness (QED) is 0.690. The Morgan fingerprint density at radius 2 is 1.88 bits per heavy atom. The standard InChI is InChI=1S/C27H35N3O2/c1-19-9-11-21(12-10-19)18-30-25-8-3-2-6-22(25)13-14-24(27(30)32)29-16-15-20-5-4-7-23(17-20)26(28)31/h2-3,6,8-12,20,23-24,29H,4-5,7,13-18H2,1H3,(H2,28,31)/t20?,23-,24-/m0/s1. The van der Waals surface area contributed by atoms with Crippen molar-refractivity contribution in [3.8, 4) is 0 Å². The summed E-state index contributed by atoms with van der Waals surface area (Å²) in [5.41, 5.74) is 10.1. The van der Waals surface area contributed by atoms with Crippen molar-refractivity contribution in [2.45, 2.75) is 64.5 Å².